The minimum Gasteiger partial charge on any atom is -0.469 e. The maximum Gasteiger partial charge on any atom is 0.307 e. The Balaban J connectivity index is 1.85. The van der Waals surface area contributed by atoms with Gasteiger partial charge in [-0.1, -0.05) is 42.5 Å². The Hall–Kier alpha value is -3.28. The number of ether oxygens (including phenoxy) is 1. The van der Waals surface area contributed by atoms with Crippen molar-refractivity contribution in [2.75, 3.05) is 13.7 Å². The van der Waals surface area contributed by atoms with Crippen molar-refractivity contribution in [3.05, 3.63) is 72.1 Å². The van der Waals surface area contributed by atoms with Crippen molar-refractivity contribution in [1.29, 1.82) is 0 Å². The number of hydrogen-bond donors (Lipinski definition) is 0. The Labute approximate surface area is 151 Å². The Morgan fingerprint density at radius 2 is 1.69 bits per heavy atom. The van der Waals surface area contributed by atoms with Crippen molar-refractivity contribution in [3.63, 3.8) is 0 Å². The molecule has 0 bridgehead atoms. The number of carbonyl (C=O) groups excluding carboxylic acids is 2. The average Bonchev–Trinajstić information content (AvgIpc) is 2.70. The lowest BCUT2D eigenvalue weighted by atomic mass is 10.2. The number of carbonyl (C=O) groups is 2. The molecule has 0 atom stereocenters. The molecule has 1 heterocycles. The molecule has 0 unspecified atom stereocenters. The van der Waals surface area contributed by atoms with Crippen LogP contribution in [0.4, 0.5) is 0 Å². The molecule has 6 heteroatoms. The topological polar surface area (TPSA) is 72.4 Å². The molecule has 0 aliphatic carbocycles. The van der Waals surface area contributed by atoms with Gasteiger partial charge in [0.1, 0.15) is 5.69 Å². The van der Waals surface area contributed by atoms with E-state index in [1.807, 2.05) is 54.6 Å². The molecule has 6 nitrogen and oxygen atoms in total. The smallest absolute Gasteiger partial charge is 0.307 e. The van der Waals surface area contributed by atoms with Gasteiger partial charge in [-0.05, 0) is 17.7 Å². The first-order chi connectivity index (χ1) is 12.7. The Kier molecular flexibility index (Phi) is 5.53. The SMILES string of the molecule is COC(=O)CCN(Cc1ccccc1)C(=O)c1cnc2ccccc2n1. The minimum atomic E-state index is -0.361. The molecule has 0 N–H and O–H groups in total. The van der Waals surface area contributed by atoms with Crippen LogP contribution in [0.3, 0.4) is 0 Å². The third kappa shape index (κ3) is 4.22. The number of aromatic nitrogens is 2. The Bertz CT molecular complexity index is 912. The van der Waals surface area contributed by atoms with Gasteiger partial charge in [-0.25, -0.2) is 4.98 Å². The number of para-hydroxylation sites is 2. The predicted molar refractivity (Wildman–Crippen MR) is 97.4 cm³/mol. The van der Waals surface area contributed by atoms with E-state index in [2.05, 4.69) is 14.7 Å². The first-order valence-corrected chi connectivity index (χ1v) is 8.29. The zero-order valence-corrected chi connectivity index (χ0v) is 14.5. The summed E-state index contributed by atoms with van der Waals surface area (Å²) in [6.07, 6.45) is 1.59. The highest BCUT2D eigenvalue weighted by atomic mass is 16.5. The Morgan fingerprint density at radius 3 is 2.42 bits per heavy atom. The molecule has 2 aromatic carbocycles. The van der Waals surface area contributed by atoms with E-state index < -0.39 is 0 Å². The summed E-state index contributed by atoms with van der Waals surface area (Å²) in [5.74, 6) is -0.628. The number of fused-ring (bicyclic) bond motifs is 1. The fourth-order valence-electron chi connectivity index (χ4n) is 2.61. The van der Waals surface area contributed by atoms with Gasteiger partial charge in [-0.2, -0.15) is 0 Å². The van der Waals surface area contributed by atoms with Crippen molar-refractivity contribution < 1.29 is 14.3 Å². The summed E-state index contributed by atoms with van der Waals surface area (Å²) in [4.78, 5) is 34.8. The van der Waals surface area contributed by atoms with Crippen LogP contribution >= 0.6 is 0 Å². The number of nitrogens with zero attached hydrogens (tertiary/aromatic N) is 3. The van der Waals surface area contributed by atoms with Gasteiger partial charge in [-0.15, -0.1) is 0 Å². The largest absolute Gasteiger partial charge is 0.469 e. The molecule has 0 aliphatic rings. The van der Waals surface area contributed by atoms with Gasteiger partial charge in [0, 0.05) is 13.1 Å². The molecule has 0 radical (unpaired) electrons. The van der Waals surface area contributed by atoms with Crippen LogP contribution in [-0.4, -0.2) is 40.4 Å². The summed E-state index contributed by atoms with van der Waals surface area (Å²) in [5.41, 5.74) is 2.61. The maximum atomic E-state index is 13.0. The lowest BCUT2D eigenvalue weighted by Gasteiger charge is -2.22. The summed E-state index contributed by atoms with van der Waals surface area (Å²) >= 11 is 0. The van der Waals surface area contributed by atoms with Gasteiger partial charge >= 0.3 is 5.97 Å². The highest BCUT2D eigenvalue weighted by Crippen LogP contribution is 2.13. The number of hydrogen-bond acceptors (Lipinski definition) is 5. The van der Waals surface area contributed by atoms with E-state index in [9.17, 15) is 9.59 Å². The van der Waals surface area contributed by atoms with Crippen LogP contribution < -0.4 is 0 Å². The number of esters is 1. The molecule has 132 valence electrons. The van der Waals surface area contributed by atoms with Gasteiger partial charge in [-0.3, -0.25) is 14.6 Å². The van der Waals surface area contributed by atoms with Crippen molar-refractivity contribution in [2.24, 2.45) is 0 Å². The fourth-order valence-corrected chi connectivity index (χ4v) is 2.61. The third-order valence-corrected chi connectivity index (χ3v) is 3.98. The lowest BCUT2D eigenvalue weighted by molar-refractivity contribution is -0.140. The average molecular weight is 349 g/mol. The van der Waals surface area contributed by atoms with Crippen molar-refractivity contribution in [2.45, 2.75) is 13.0 Å². The summed E-state index contributed by atoms with van der Waals surface area (Å²) in [5, 5.41) is 0. The lowest BCUT2D eigenvalue weighted by Crippen LogP contribution is -2.33. The zero-order chi connectivity index (χ0) is 18.4. The second-order valence-electron chi connectivity index (χ2n) is 5.78. The van der Waals surface area contributed by atoms with Crippen molar-refractivity contribution in [3.8, 4) is 0 Å². The third-order valence-electron chi connectivity index (χ3n) is 3.98. The molecule has 3 rings (SSSR count). The molecule has 0 saturated heterocycles. The van der Waals surface area contributed by atoms with E-state index in [4.69, 9.17) is 0 Å². The van der Waals surface area contributed by atoms with E-state index in [1.165, 1.54) is 13.3 Å². The molecular formula is C20H19N3O3. The zero-order valence-electron chi connectivity index (χ0n) is 14.5. The van der Waals surface area contributed by atoms with E-state index in [1.54, 1.807) is 4.90 Å². The molecule has 0 spiro atoms. The molecule has 26 heavy (non-hydrogen) atoms. The molecule has 1 aromatic heterocycles. The first kappa shape index (κ1) is 17.5. The monoisotopic (exact) mass is 349 g/mol. The van der Waals surface area contributed by atoms with Gasteiger partial charge in [0.2, 0.25) is 0 Å². The van der Waals surface area contributed by atoms with Crippen LogP contribution in [0.2, 0.25) is 0 Å². The van der Waals surface area contributed by atoms with E-state index in [0.717, 1.165) is 11.1 Å². The van der Waals surface area contributed by atoms with Gasteiger partial charge in [0.25, 0.3) is 5.91 Å². The van der Waals surface area contributed by atoms with Crippen LogP contribution in [0.5, 0.6) is 0 Å². The summed E-state index contributed by atoms with van der Waals surface area (Å²) in [6.45, 7) is 0.625. The van der Waals surface area contributed by atoms with Crippen LogP contribution in [0.1, 0.15) is 22.5 Å². The second-order valence-corrected chi connectivity index (χ2v) is 5.78. The van der Waals surface area contributed by atoms with Crippen LogP contribution in [0, 0.1) is 0 Å². The molecular weight excluding hydrogens is 330 g/mol. The standard InChI is InChI=1S/C20H19N3O3/c1-26-19(24)11-12-23(14-15-7-3-2-4-8-15)20(25)18-13-21-16-9-5-6-10-17(16)22-18/h2-10,13H,11-12,14H2,1H3. The number of methoxy groups -OCH3 is 1. The molecule has 1 amide bonds. The van der Waals surface area contributed by atoms with Gasteiger partial charge in [0.05, 0.1) is 30.8 Å². The van der Waals surface area contributed by atoms with Crippen LogP contribution in [-0.2, 0) is 16.1 Å². The van der Waals surface area contributed by atoms with Gasteiger partial charge < -0.3 is 9.64 Å². The number of rotatable bonds is 6. The number of benzene rings is 2. The quantitative estimate of drug-likeness (QED) is 0.640. The van der Waals surface area contributed by atoms with E-state index in [0.29, 0.717) is 12.1 Å². The summed E-state index contributed by atoms with van der Waals surface area (Å²) < 4.78 is 4.69. The van der Waals surface area contributed by atoms with Crippen molar-refractivity contribution >= 4 is 22.9 Å². The van der Waals surface area contributed by atoms with Crippen molar-refractivity contribution in [1.82, 2.24) is 14.9 Å². The number of amides is 1. The molecule has 0 fully saturated rings. The highest BCUT2D eigenvalue weighted by molar-refractivity contribution is 5.94. The minimum absolute atomic E-state index is 0.121. The Morgan fingerprint density at radius 1 is 1.00 bits per heavy atom. The second kappa shape index (κ2) is 8.20. The highest BCUT2D eigenvalue weighted by Gasteiger charge is 2.19. The molecule has 0 aliphatic heterocycles. The van der Waals surface area contributed by atoms with Gasteiger partial charge in [0.15, 0.2) is 0 Å². The van der Waals surface area contributed by atoms with Crippen LogP contribution in [0.15, 0.2) is 60.8 Å². The normalized spacial score (nSPS) is 10.5. The van der Waals surface area contributed by atoms with E-state index in [-0.39, 0.29) is 30.5 Å². The first-order valence-electron chi connectivity index (χ1n) is 8.29. The maximum absolute atomic E-state index is 13.0. The summed E-state index contributed by atoms with van der Waals surface area (Å²) in [7, 11) is 1.33. The van der Waals surface area contributed by atoms with E-state index >= 15 is 0 Å². The molecule has 0 saturated carbocycles. The van der Waals surface area contributed by atoms with Crippen LogP contribution in [0.25, 0.3) is 11.0 Å². The summed E-state index contributed by atoms with van der Waals surface area (Å²) in [6, 6.07) is 17.0. The predicted octanol–water partition coefficient (Wildman–Crippen LogP) is 2.84. The molecule has 3 aromatic rings. The fraction of sp³-hybridized carbons (Fsp3) is 0.200.